The molecule has 0 unspecified atom stereocenters. The molecule has 0 radical (unpaired) electrons. The molecule has 106 valence electrons. The molecule has 0 aliphatic heterocycles. The van der Waals surface area contributed by atoms with Crippen molar-refractivity contribution in [2.75, 3.05) is 7.05 Å². The molecular formula is C14H17N3O3. The maximum atomic E-state index is 12.2. The number of hydrogen-bond donors (Lipinski definition) is 1. The highest BCUT2D eigenvalue weighted by Crippen LogP contribution is 2.14. The number of aromatic nitrogens is 2. The third kappa shape index (κ3) is 2.49. The normalized spacial score (nSPS) is 11.6. The van der Waals surface area contributed by atoms with Crippen LogP contribution in [0.3, 0.4) is 0 Å². The van der Waals surface area contributed by atoms with Crippen LogP contribution in [0, 0.1) is 0 Å². The van der Waals surface area contributed by atoms with E-state index in [1.807, 2.05) is 28.8 Å². The van der Waals surface area contributed by atoms with Gasteiger partial charge in [-0.3, -0.25) is 4.79 Å². The van der Waals surface area contributed by atoms with E-state index in [9.17, 15) is 9.59 Å². The second-order valence-electron chi connectivity index (χ2n) is 5.19. The smallest absolute Gasteiger partial charge is 0.329 e. The molecule has 6 nitrogen and oxygen atoms in total. The Hall–Kier alpha value is -2.37. The van der Waals surface area contributed by atoms with Crippen LogP contribution in [0.25, 0.3) is 5.65 Å². The van der Waals surface area contributed by atoms with Gasteiger partial charge in [-0.1, -0.05) is 6.07 Å². The van der Waals surface area contributed by atoms with Gasteiger partial charge in [-0.05, 0) is 26.0 Å². The van der Waals surface area contributed by atoms with Gasteiger partial charge in [0.2, 0.25) is 5.91 Å². The Balaban J connectivity index is 2.17. The number of carboxylic acid groups (broad SMARTS) is 1. The average Bonchev–Trinajstić information content (AvgIpc) is 2.79. The molecule has 2 heterocycles. The number of carboxylic acids is 1. The van der Waals surface area contributed by atoms with Gasteiger partial charge in [-0.15, -0.1) is 0 Å². The minimum Gasteiger partial charge on any atom is -0.480 e. The number of fused-ring (bicyclic) bond motifs is 1. The summed E-state index contributed by atoms with van der Waals surface area (Å²) in [5, 5.41) is 9.13. The summed E-state index contributed by atoms with van der Waals surface area (Å²) in [5.74, 6) is -1.32. The number of aliphatic carboxylic acids is 1. The van der Waals surface area contributed by atoms with Crippen LogP contribution in [0.1, 0.15) is 19.5 Å². The molecule has 0 spiro atoms. The van der Waals surface area contributed by atoms with Gasteiger partial charge < -0.3 is 14.4 Å². The summed E-state index contributed by atoms with van der Waals surface area (Å²) < 4.78 is 1.82. The molecule has 0 aromatic carbocycles. The van der Waals surface area contributed by atoms with Gasteiger partial charge in [-0.25, -0.2) is 9.78 Å². The predicted molar refractivity (Wildman–Crippen MR) is 73.4 cm³/mol. The van der Waals surface area contributed by atoms with E-state index in [4.69, 9.17) is 5.11 Å². The van der Waals surface area contributed by atoms with Crippen LogP contribution in [0.5, 0.6) is 0 Å². The van der Waals surface area contributed by atoms with Crippen molar-refractivity contribution in [2.45, 2.75) is 25.8 Å². The number of carbonyl (C=O) groups excluding carboxylic acids is 1. The fourth-order valence-electron chi connectivity index (χ4n) is 1.80. The molecular weight excluding hydrogens is 258 g/mol. The maximum Gasteiger partial charge on any atom is 0.329 e. The van der Waals surface area contributed by atoms with Gasteiger partial charge in [0.15, 0.2) is 0 Å². The number of rotatable bonds is 4. The molecule has 1 amide bonds. The van der Waals surface area contributed by atoms with E-state index in [2.05, 4.69) is 4.98 Å². The molecule has 0 aliphatic carbocycles. The van der Waals surface area contributed by atoms with E-state index in [-0.39, 0.29) is 12.3 Å². The van der Waals surface area contributed by atoms with Crippen molar-refractivity contribution < 1.29 is 14.7 Å². The van der Waals surface area contributed by atoms with Crippen LogP contribution in [-0.4, -0.2) is 43.9 Å². The summed E-state index contributed by atoms with van der Waals surface area (Å²) in [6.07, 6.45) is 3.70. The molecule has 2 aromatic rings. The maximum absolute atomic E-state index is 12.2. The third-order valence-corrected chi connectivity index (χ3v) is 3.48. The van der Waals surface area contributed by atoms with E-state index in [1.54, 1.807) is 6.20 Å². The van der Waals surface area contributed by atoms with Crippen LogP contribution in [0.4, 0.5) is 0 Å². The summed E-state index contributed by atoms with van der Waals surface area (Å²) in [5.41, 5.74) is 0.139. The number of likely N-dealkylation sites (N-methyl/N-ethyl adjacent to an activating group) is 1. The number of carbonyl (C=O) groups is 2. The molecule has 2 rings (SSSR count). The predicted octanol–water partition coefficient (Wildman–Crippen LogP) is 1.20. The summed E-state index contributed by atoms with van der Waals surface area (Å²) >= 11 is 0. The van der Waals surface area contributed by atoms with E-state index in [0.29, 0.717) is 5.69 Å². The monoisotopic (exact) mass is 275 g/mol. The van der Waals surface area contributed by atoms with Gasteiger partial charge in [0.1, 0.15) is 11.2 Å². The largest absolute Gasteiger partial charge is 0.480 e. The van der Waals surface area contributed by atoms with Crippen molar-refractivity contribution in [3.8, 4) is 0 Å². The Morgan fingerprint density at radius 3 is 2.70 bits per heavy atom. The second kappa shape index (κ2) is 4.96. The summed E-state index contributed by atoms with van der Waals surface area (Å²) in [6.45, 7) is 2.99. The quantitative estimate of drug-likeness (QED) is 0.909. The van der Waals surface area contributed by atoms with E-state index in [0.717, 1.165) is 5.65 Å². The highest BCUT2D eigenvalue weighted by Gasteiger charge is 2.35. The second-order valence-corrected chi connectivity index (χ2v) is 5.19. The van der Waals surface area contributed by atoms with Crippen molar-refractivity contribution in [3.63, 3.8) is 0 Å². The third-order valence-electron chi connectivity index (χ3n) is 3.48. The molecule has 20 heavy (non-hydrogen) atoms. The number of amides is 1. The topological polar surface area (TPSA) is 74.9 Å². The van der Waals surface area contributed by atoms with Crippen LogP contribution in [0.2, 0.25) is 0 Å². The highest BCUT2D eigenvalue weighted by atomic mass is 16.4. The first-order valence-electron chi connectivity index (χ1n) is 6.25. The Bertz CT molecular complexity index is 627. The van der Waals surface area contributed by atoms with E-state index >= 15 is 0 Å². The van der Waals surface area contributed by atoms with Crippen molar-refractivity contribution in [1.29, 1.82) is 0 Å². The molecule has 6 heteroatoms. The molecule has 0 bridgehead atoms. The highest BCUT2D eigenvalue weighted by molar-refractivity contribution is 5.87. The fourth-order valence-corrected chi connectivity index (χ4v) is 1.80. The van der Waals surface area contributed by atoms with E-state index in [1.165, 1.54) is 25.8 Å². The van der Waals surface area contributed by atoms with Gasteiger partial charge in [0, 0.05) is 19.4 Å². The van der Waals surface area contributed by atoms with Gasteiger partial charge in [0.05, 0.1) is 12.1 Å². The molecule has 1 N–H and O–H groups in total. The van der Waals surface area contributed by atoms with Crippen LogP contribution >= 0.6 is 0 Å². The van der Waals surface area contributed by atoms with E-state index < -0.39 is 11.5 Å². The lowest BCUT2D eigenvalue weighted by Crippen LogP contribution is -2.51. The van der Waals surface area contributed by atoms with Crippen LogP contribution < -0.4 is 0 Å². The number of hydrogen-bond acceptors (Lipinski definition) is 3. The fraction of sp³-hybridized carbons (Fsp3) is 0.357. The Labute approximate surface area is 116 Å². The lowest BCUT2D eigenvalue weighted by Gasteiger charge is -2.31. The summed E-state index contributed by atoms with van der Waals surface area (Å²) in [7, 11) is 1.49. The molecule has 0 fully saturated rings. The zero-order valence-electron chi connectivity index (χ0n) is 11.7. The van der Waals surface area contributed by atoms with Crippen molar-refractivity contribution >= 4 is 17.5 Å². The molecule has 0 atom stereocenters. The SMILES string of the molecule is CN(C(=O)Cc1cn2ccccc2n1)C(C)(C)C(=O)O. The van der Waals surface area contributed by atoms with Crippen molar-refractivity contribution in [2.24, 2.45) is 0 Å². The van der Waals surface area contributed by atoms with Gasteiger partial charge in [0.25, 0.3) is 0 Å². The number of imidazole rings is 1. The number of pyridine rings is 1. The molecule has 0 aliphatic rings. The average molecular weight is 275 g/mol. The summed E-state index contributed by atoms with van der Waals surface area (Å²) in [6, 6.07) is 5.59. The molecule has 0 saturated carbocycles. The molecule has 2 aromatic heterocycles. The van der Waals surface area contributed by atoms with Gasteiger partial charge in [-0.2, -0.15) is 0 Å². The van der Waals surface area contributed by atoms with Crippen LogP contribution in [0.15, 0.2) is 30.6 Å². The standard InChI is InChI=1S/C14H17N3O3/c1-14(2,13(19)20)16(3)12(18)8-10-9-17-7-5-4-6-11(17)15-10/h4-7,9H,8H2,1-3H3,(H,19,20). The minimum atomic E-state index is -1.24. The Kier molecular flexibility index (Phi) is 3.48. The van der Waals surface area contributed by atoms with Crippen LogP contribution in [-0.2, 0) is 16.0 Å². The first-order chi connectivity index (χ1) is 9.32. The molecule has 0 saturated heterocycles. The van der Waals surface area contributed by atoms with Gasteiger partial charge >= 0.3 is 5.97 Å². The zero-order valence-corrected chi connectivity index (χ0v) is 11.7. The minimum absolute atomic E-state index is 0.0783. The lowest BCUT2D eigenvalue weighted by atomic mass is 10.0. The summed E-state index contributed by atoms with van der Waals surface area (Å²) in [4.78, 5) is 28.9. The first kappa shape index (κ1) is 14.0. The number of nitrogens with zero attached hydrogens (tertiary/aromatic N) is 3. The van der Waals surface area contributed by atoms with Crippen molar-refractivity contribution in [3.05, 3.63) is 36.3 Å². The Morgan fingerprint density at radius 2 is 2.10 bits per heavy atom. The first-order valence-corrected chi connectivity index (χ1v) is 6.25. The Morgan fingerprint density at radius 1 is 1.40 bits per heavy atom. The zero-order chi connectivity index (χ0) is 14.9. The van der Waals surface area contributed by atoms with Crippen molar-refractivity contribution in [1.82, 2.24) is 14.3 Å². The lowest BCUT2D eigenvalue weighted by molar-refractivity contribution is -0.155.